The fourth-order valence-electron chi connectivity index (χ4n) is 2.09. The number of aromatic nitrogens is 3. The molecule has 1 aromatic carbocycles. The van der Waals surface area contributed by atoms with E-state index in [9.17, 15) is 9.18 Å². The van der Waals surface area contributed by atoms with Crippen LogP contribution in [0.1, 0.15) is 30.7 Å². The number of carbonyl (C=O) groups excluding carboxylic acids is 1. The van der Waals surface area contributed by atoms with Gasteiger partial charge in [0.25, 0.3) is 0 Å². The maximum Gasteiger partial charge on any atom is 0.220 e. The molecule has 2 rings (SSSR count). The summed E-state index contributed by atoms with van der Waals surface area (Å²) in [5.41, 5.74) is 0.952. The number of nitrogens with zero attached hydrogens (tertiary/aromatic N) is 3. The van der Waals surface area contributed by atoms with Crippen LogP contribution >= 0.6 is 0 Å². The van der Waals surface area contributed by atoms with Crippen molar-refractivity contribution in [2.24, 2.45) is 7.05 Å². The van der Waals surface area contributed by atoms with Gasteiger partial charge < -0.3 is 9.88 Å². The van der Waals surface area contributed by atoms with Gasteiger partial charge in [-0.3, -0.25) is 4.79 Å². The molecule has 0 saturated carbocycles. The standard InChI is InChI=1S/C15H19FN4O/c1-11(15-19-18-10-20(15)2)9-17-14(21)8-5-12-3-6-13(16)7-4-12/h3-4,6-7,10-11H,5,8-9H2,1-2H3,(H,17,21)/t11-/m0/s1. The predicted octanol–water partition coefficient (Wildman–Crippen LogP) is 1.81. The van der Waals surface area contributed by atoms with E-state index in [1.165, 1.54) is 12.1 Å². The zero-order valence-electron chi connectivity index (χ0n) is 12.2. The van der Waals surface area contributed by atoms with Gasteiger partial charge in [-0.05, 0) is 24.1 Å². The Hall–Kier alpha value is -2.24. The van der Waals surface area contributed by atoms with E-state index in [1.807, 2.05) is 18.5 Å². The summed E-state index contributed by atoms with van der Waals surface area (Å²) in [6.45, 7) is 2.51. The summed E-state index contributed by atoms with van der Waals surface area (Å²) in [4.78, 5) is 11.8. The SMILES string of the molecule is C[C@@H](CNC(=O)CCc1ccc(F)cc1)c1nncn1C. The molecule has 0 saturated heterocycles. The van der Waals surface area contributed by atoms with E-state index in [0.717, 1.165) is 11.4 Å². The van der Waals surface area contributed by atoms with Gasteiger partial charge in [-0.25, -0.2) is 4.39 Å². The first-order valence-corrected chi connectivity index (χ1v) is 6.91. The topological polar surface area (TPSA) is 59.8 Å². The van der Waals surface area contributed by atoms with Crippen LogP contribution in [-0.2, 0) is 18.3 Å². The van der Waals surface area contributed by atoms with Crippen molar-refractivity contribution in [1.29, 1.82) is 0 Å². The molecule has 1 aromatic heterocycles. The second kappa shape index (κ2) is 6.97. The fraction of sp³-hybridized carbons (Fsp3) is 0.400. The molecule has 0 spiro atoms. The molecular weight excluding hydrogens is 271 g/mol. The first-order chi connectivity index (χ1) is 10.1. The molecule has 0 aliphatic heterocycles. The van der Waals surface area contributed by atoms with E-state index in [0.29, 0.717) is 19.4 Å². The van der Waals surface area contributed by atoms with Crippen LogP contribution in [0.15, 0.2) is 30.6 Å². The molecule has 1 heterocycles. The Labute approximate surface area is 123 Å². The summed E-state index contributed by atoms with van der Waals surface area (Å²) in [6, 6.07) is 6.21. The van der Waals surface area contributed by atoms with Gasteiger partial charge in [0.1, 0.15) is 18.0 Å². The van der Waals surface area contributed by atoms with Gasteiger partial charge in [0.05, 0.1) is 0 Å². The van der Waals surface area contributed by atoms with E-state index in [2.05, 4.69) is 15.5 Å². The summed E-state index contributed by atoms with van der Waals surface area (Å²) in [6.07, 6.45) is 2.63. The third-order valence-electron chi connectivity index (χ3n) is 3.35. The molecule has 6 heteroatoms. The van der Waals surface area contributed by atoms with Gasteiger partial charge in [-0.2, -0.15) is 0 Å². The molecule has 1 N–H and O–H groups in total. The van der Waals surface area contributed by atoms with Crippen LogP contribution in [0.3, 0.4) is 0 Å². The number of aryl methyl sites for hydroxylation is 2. The number of hydrogen-bond donors (Lipinski definition) is 1. The zero-order chi connectivity index (χ0) is 15.2. The predicted molar refractivity (Wildman–Crippen MR) is 77.1 cm³/mol. The first-order valence-electron chi connectivity index (χ1n) is 6.91. The quantitative estimate of drug-likeness (QED) is 0.882. The molecule has 0 unspecified atom stereocenters. The molecule has 0 fully saturated rings. The summed E-state index contributed by atoms with van der Waals surface area (Å²) in [5, 5.41) is 10.7. The summed E-state index contributed by atoms with van der Waals surface area (Å²) in [7, 11) is 1.88. The van der Waals surface area contributed by atoms with Crippen LogP contribution < -0.4 is 5.32 Å². The third-order valence-corrected chi connectivity index (χ3v) is 3.35. The van der Waals surface area contributed by atoms with Crippen LogP contribution in [-0.4, -0.2) is 27.2 Å². The molecule has 5 nitrogen and oxygen atoms in total. The van der Waals surface area contributed by atoms with Crippen LogP contribution in [0.4, 0.5) is 4.39 Å². The van der Waals surface area contributed by atoms with Gasteiger partial charge in [0.15, 0.2) is 0 Å². The number of rotatable bonds is 6. The molecule has 0 aliphatic rings. The highest BCUT2D eigenvalue weighted by Gasteiger charge is 2.12. The molecule has 2 aromatic rings. The number of hydrogen-bond acceptors (Lipinski definition) is 3. The minimum Gasteiger partial charge on any atom is -0.355 e. The number of nitrogens with one attached hydrogen (secondary N) is 1. The Morgan fingerprint density at radius 2 is 2.10 bits per heavy atom. The molecule has 1 amide bonds. The highest BCUT2D eigenvalue weighted by molar-refractivity contribution is 5.76. The van der Waals surface area contributed by atoms with Gasteiger partial charge in [-0.15, -0.1) is 10.2 Å². The lowest BCUT2D eigenvalue weighted by molar-refractivity contribution is -0.121. The maximum absolute atomic E-state index is 12.8. The highest BCUT2D eigenvalue weighted by Crippen LogP contribution is 2.10. The monoisotopic (exact) mass is 290 g/mol. The average Bonchev–Trinajstić information content (AvgIpc) is 2.90. The first kappa shape index (κ1) is 15.2. The van der Waals surface area contributed by atoms with Crippen LogP contribution in [0.25, 0.3) is 0 Å². The van der Waals surface area contributed by atoms with E-state index in [4.69, 9.17) is 0 Å². The Kier molecular flexibility index (Phi) is 5.03. The van der Waals surface area contributed by atoms with Crippen molar-refractivity contribution in [3.8, 4) is 0 Å². The van der Waals surface area contributed by atoms with Gasteiger partial charge in [0.2, 0.25) is 5.91 Å². The van der Waals surface area contributed by atoms with Crippen molar-refractivity contribution in [2.75, 3.05) is 6.54 Å². The Morgan fingerprint density at radius 3 is 2.71 bits per heavy atom. The average molecular weight is 290 g/mol. The van der Waals surface area contributed by atoms with E-state index in [-0.39, 0.29) is 17.6 Å². The normalized spacial score (nSPS) is 12.1. The van der Waals surface area contributed by atoms with Crippen molar-refractivity contribution in [3.63, 3.8) is 0 Å². The van der Waals surface area contributed by atoms with E-state index in [1.54, 1.807) is 18.5 Å². The molecule has 0 radical (unpaired) electrons. The number of halogens is 1. The lowest BCUT2D eigenvalue weighted by atomic mass is 10.1. The Morgan fingerprint density at radius 1 is 1.38 bits per heavy atom. The molecule has 112 valence electrons. The molecular formula is C15H19FN4O. The summed E-state index contributed by atoms with van der Waals surface area (Å²) >= 11 is 0. The summed E-state index contributed by atoms with van der Waals surface area (Å²) < 4.78 is 14.6. The minimum absolute atomic E-state index is 0.0201. The van der Waals surface area contributed by atoms with E-state index < -0.39 is 0 Å². The second-order valence-electron chi connectivity index (χ2n) is 5.13. The van der Waals surface area contributed by atoms with Crippen LogP contribution in [0.2, 0.25) is 0 Å². The third kappa shape index (κ3) is 4.37. The smallest absolute Gasteiger partial charge is 0.220 e. The number of amides is 1. The molecule has 21 heavy (non-hydrogen) atoms. The van der Waals surface area contributed by atoms with Crippen molar-refractivity contribution in [2.45, 2.75) is 25.7 Å². The van der Waals surface area contributed by atoms with Crippen LogP contribution in [0.5, 0.6) is 0 Å². The van der Waals surface area contributed by atoms with Gasteiger partial charge in [0, 0.05) is 25.9 Å². The Balaban J connectivity index is 1.75. The molecule has 0 aliphatic carbocycles. The minimum atomic E-state index is -0.263. The van der Waals surface area contributed by atoms with Crippen molar-refractivity contribution >= 4 is 5.91 Å². The number of carbonyl (C=O) groups is 1. The van der Waals surface area contributed by atoms with Crippen molar-refractivity contribution < 1.29 is 9.18 Å². The number of benzene rings is 1. The van der Waals surface area contributed by atoms with E-state index >= 15 is 0 Å². The maximum atomic E-state index is 12.8. The van der Waals surface area contributed by atoms with Gasteiger partial charge in [-0.1, -0.05) is 19.1 Å². The molecule has 1 atom stereocenters. The van der Waals surface area contributed by atoms with Crippen molar-refractivity contribution in [3.05, 3.63) is 47.8 Å². The fourth-order valence-corrected chi connectivity index (χ4v) is 2.09. The second-order valence-corrected chi connectivity index (χ2v) is 5.13. The highest BCUT2D eigenvalue weighted by atomic mass is 19.1. The Bertz CT molecular complexity index is 594. The summed E-state index contributed by atoms with van der Waals surface area (Å²) in [5.74, 6) is 0.662. The largest absolute Gasteiger partial charge is 0.355 e. The molecule has 0 bridgehead atoms. The van der Waals surface area contributed by atoms with Crippen molar-refractivity contribution in [1.82, 2.24) is 20.1 Å². The van der Waals surface area contributed by atoms with Gasteiger partial charge >= 0.3 is 0 Å². The lowest BCUT2D eigenvalue weighted by Gasteiger charge is -2.11. The zero-order valence-corrected chi connectivity index (χ0v) is 12.2. The van der Waals surface area contributed by atoms with Crippen LogP contribution in [0, 0.1) is 5.82 Å². The lowest BCUT2D eigenvalue weighted by Crippen LogP contribution is -2.28.